The van der Waals surface area contributed by atoms with E-state index in [4.69, 9.17) is 5.73 Å². The number of carbonyl (C=O) groups is 1. The Labute approximate surface area is 86.3 Å². The largest absolute Gasteiger partial charge is 0.321 e. The molecule has 1 aromatic carbocycles. The van der Waals surface area contributed by atoms with E-state index in [1.165, 1.54) is 0 Å². The van der Waals surface area contributed by atoms with Crippen molar-refractivity contribution in [1.82, 2.24) is 0 Å². The number of nitrogens with two attached hydrogens (primary N) is 1. The monoisotopic (exact) mass is 241 g/mol. The van der Waals surface area contributed by atoms with Crippen molar-refractivity contribution in [2.24, 2.45) is 5.73 Å². The van der Waals surface area contributed by atoms with Gasteiger partial charge in [-0.15, -0.1) is 0 Å². The number of Topliss-reactive ketones (excluding diaryl/α,β-unsaturated/α-hetero) is 1. The minimum absolute atomic E-state index is 0.00465. The maximum Gasteiger partial charge on any atom is 0.180 e. The highest BCUT2D eigenvalue weighted by molar-refractivity contribution is 9.10. The minimum atomic E-state index is -0.390. The maximum absolute atomic E-state index is 11.6. The van der Waals surface area contributed by atoms with E-state index >= 15 is 0 Å². The molecule has 0 fully saturated rings. The van der Waals surface area contributed by atoms with Gasteiger partial charge in [0, 0.05) is 10.0 Å². The Morgan fingerprint density at radius 2 is 2.15 bits per heavy atom. The van der Waals surface area contributed by atoms with Crippen LogP contribution in [-0.4, -0.2) is 11.8 Å². The fraction of sp³-hybridized carbons (Fsp3) is 0.300. The fourth-order valence-electron chi connectivity index (χ4n) is 1.05. The van der Waals surface area contributed by atoms with E-state index in [2.05, 4.69) is 15.9 Å². The highest BCUT2D eigenvalue weighted by Gasteiger charge is 2.15. The predicted octanol–water partition coefficient (Wildman–Crippen LogP) is 2.37. The third-order valence-corrected chi connectivity index (χ3v) is 2.61. The van der Waals surface area contributed by atoms with Gasteiger partial charge in [-0.1, -0.05) is 41.1 Å². The summed E-state index contributed by atoms with van der Waals surface area (Å²) in [4.78, 5) is 11.6. The molecule has 3 heteroatoms. The van der Waals surface area contributed by atoms with Crippen molar-refractivity contribution in [3.05, 3.63) is 34.3 Å². The number of carbonyl (C=O) groups excluding carboxylic acids is 1. The first-order chi connectivity index (χ1) is 6.16. The zero-order chi connectivity index (χ0) is 9.84. The number of rotatable bonds is 3. The molecule has 0 aliphatic rings. The lowest BCUT2D eigenvalue weighted by molar-refractivity contribution is 0.0958. The summed E-state index contributed by atoms with van der Waals surface area (Å²) < 4.78 is 0.809. The number of hydrogen-bond donors (Lipinski definition) is 1. The van der Waals surface area contributed by atoms with Crippen LogP contribution in [0.2, 0.25) is 0 Å². The van der Waals surface area contributed by atoms with E-state index in [0.717, 1.165) is 4.47 Å². The highest BCUT2D eigenvalue weighted by Crippen LogP contribution is 2.17. The Kier molecular flexibility index (Phi) is 3.63. The molecule has 0 amide bonds. The molecule has 70 valence electrons. The van der Waals surface area contributed by atoms with Crippen LogP contribution in [0.15, 0.2) is 28.7 Å². The molecule has 0 aliphatic carbocycles. The van der Waals surface area contributed by atoms with Crippen molar-refractivity contribution in [2.45, 2.75) is 19.4 Å². The van der Waals surface area contributed by atoms with Crippen LogP contribution in [0.1, 0.15) is 23.7 Å². The number of benzene rings is 1. The van der Waals surface area contributed by atoms with E-state index in [0.29, 0.717) is 12.0 Å². The van der Waals surface area contributed by atoms with Crippen molar-refractivity contribution in [3.8, 4) is 0 Å². The van der Waals surface area contributed by atoms with Crippen LogP contribution in [0.25, 0.3) is 0 Å². The van der Waals surface area contributed by atoms with Gasteiger partial charge in [0.05, 0.1) is 6.04 Å². The van der Waals surface area contributed by atoms with E-state index in [1.807, 2.05) is 25.1 Å². The lowest BCUT2D eigenvalue weighted by atomic mass is 10.0. The highest BCUT2D eigenvalue weighted by atomic mass is 79.9. The van der Waals surface area contributed by atoms with E-state index in [9.17, 15) is 4.79 Å². The third kappa shape index (κ3) is 2.39. The molecule has 0 aliphatic heterocycles. The first kappa shape index (κ1) is 10.4. The lowest BCUT2D eigenvalue weighted by Crippen LogP contribution is -2.29. The summed E-state index contributed by atoms with van der Waals surface area (Å²) >= 11 is 3.32. The Balaban J connectivity index is 2.95. The van der Waals surface area contributed by atoms with Gasteiger partial charge >= 0.3 is 0 Å². The molecule has 2 N–H and O–H groups in total. The fourth-order valence-corrected chi connectivity index (χ4v) is 1.53. The molecule has 0 spiro atoms. The molecular weight excluding hydrogens is 230 g/mol. The average Bonchev–Trinajstić information content (AvgIpc) is 2.16. The normalized spacial score (nSPS) is 12.5. The summed E-state index contributed by atoms with van der Waals surface area (Å²) in [6.07, 6.45) is 0.667. The van der Waals surface area contributed by atoms with Crippen molar-refractivity contribution >= 4 is 21.7 Å². The first-order valence-electron chi connectivity index (χ1n) is 4.21. The molecule has 1 unspecified atom stereocenters. The van der Waals surface area contributed by atoms with Gasteiger partial charge in [0.25, 0.3) is 0 Å². The van der Waals surface area contributed by atoms with Crippen LogP contribution in [0.4, 0.5) is 0 Å². The van der Waals surface area contributed by atoms with Gasteiger partial charge in [0.1, 0.15) is 0 Å². The zero-order valence-electron chi connectivity index (χ0n) is 7.46. The van der Waals surface area contributed by atoms with E-state index < -0.39 is 6.04 Å². The molecule has 2 nitrogen and oxygen atoms in total. The molecular formula is C10H12BrNO. The quantitative estimate of drug-likeness (QED) is 0.827. The SMILES string of the molecule is CCC(N)C(=O)c1ccccc1Br. The van der Waals surface area contributed by atoms with E-state index in [1.54, 1.807) is 6.07 Å². The Morgan fingerprint density at radius 1 is 1.54 bits per heavy atom. The molecule has 0 radical (unpaired) electrons. The van der Waals surface area contributed by atoms with Gasteiger partial charge in [-0.3, -0.25) is 4.79 Å². The Bertz CT molecular complexity index is 312. The summed E-state index contributed by atoms with van der Waals surface area (Å²) in [7, 11) is 0. The molecule has 0 saturated heterocycles. The summed E-state index contributed by atoms with van der Waals surface area (Å²) in [6, 6.07) is 6.94. The molecule has 0 aromatic heterocycles. The molecule has 1 rings (SSSR count). The van der Waals surface area contributed by atoms with Crippen molar-refractivity contribution < 1.29 is 4.79 Å². The minimum Gasteiger partial charge on any atom is -0.321 e. The smallest absolute Gasteiger partial charge is 0.180 e. The number of ketones is 1. The second kappa shape index (κ2) is 4.53. The molecule has 0 bridgehead atoms. The number of halogens is 1. The average molecular weight is 242 g/mol. The van der Waals surface area contributed by atoms with Crippen molar-refractivity contribution in [3.63, 3.8) is 0 Å². The van der Waals surface area contributed by atoms with Crippen LogP contribution in [0.5, 0.6) is 0 Å². The van der Waals surface area contributed by atoms with E-state index in [-0.39, 0.29) is 5.78 Å². The van der Waals surface area contributed by atoms with Gasteiger partial charge in [-0.25, -0.2) is 0 Å². The molecule has 0 heterocycles. The summed E-state index contributed by atoms with van der Waals surface area (Å²) in [5, 5.41) is 0. The Morgan fingerprint density at radius 3 is 2.69 bits per heavy atom. The van der Waals surface area contributed by atoms with Crippen molar-refractivity contribution in [1.29, 1.82) is 0 Å². The third-order valence-electron chi connectivity index (χ3n) is 1.92. The van der Waals surface area contributed by atoms with Crippen LogP contribution < -0.4 is 5.73 Å². The first-order valence-corrected chi connectivity index (χ1v) is 5.00. The molecule has 0 saturated carbocycles. The van der Waals surface area contributed by atoms with Crippen LogP contribution in [0.3, 0.4) is 0 Å². The van der Waals surface area contributed by atoms with Crippen molar-refractivity contribution in [2.75, 3.05) is 0 Å². The predicted molar refractivity (Wildman–Crippen MR) is 56.7 cm³/mol. The van der Waals surface area contributed by atoms with Crippen LogP contribution >= 0.6 is 15.9 Å². The molecule has 1 atom stereocenters. The number of hydrogen-bond acceptors (Lipinski definition) is 2. The topological polar surface area (TPSA) is 43.1 Å². The van der Waals surface area contributed by atoms with Gasteiger partial charge in [0.15, 0.2) is 5.78 Å². The standard InChI is InChI=1S/C10H12BrNO/c1-2-9(12)10(13)7-5-3-4-6-8(7)11/h3-6,9H,2,12H2,1H3. The second-order valence-electron chi connectivity index (χ2n) is 2.86. The van der Waals surface area contributed by atoms with Gasteiger partial charge in [0.2, 0.25) is 0 Å². The van der Waals surface area contributed by atoms with Gasteiger partial charge < -0.3 is 5.73 Å². The summed E-state index contributed by atoms with van der Waals surface area (Å²) in [6.45, 7) is 1.90. The Hall–Kier alpha value is -0.670. The molecule has 13 heavy (non-hydrogen) atoms. The second-order valence-corrected chi connectivity index (χ2v) is 3.71. The van der Waals surface area contributed by atoms with Crippen LogP contribution in [-0.2, 0) is 0 Å². The van der Waals surface area contributed by atoms with Gasteiger partial charge in [-0.2, -0.15) is 0 Å². The summed E-state index contributed by atoms with van der Waals surface area (Å²) in [5.41, 5.74) is 6.31. The lowest BCUT2D eigenvalue weighted by Gasteiger charge is -2.08. The molecule has 1 aromatic rings. The zero-order valence-corrected chi connectivity index (χ0v) is 9.04. The maximum atomic E-state index is 11.6. The summed E-state index contributed by atoms with van der Waals surface area (Å²) in [5.74, 6) is -0.00465. The van der Waals surface area contributed by atoms with Gasteiger partial charge in [-0.05, 0) is 12.5 Å². The van der Waals surface area contributed by atoms with Crippen LogP contribution in [0, 0.1) is 0 Å².